The second kappa shape index (κ2) is 6.76. The number of ether oxygens (including phenoxy) is 1. The van der Waals surface area contributed by atoms with Gasteiger partial charge in [-0.05, 0) is 35.9 Å². The summed E-state index contributed by atoms with van der Waals surface area (Å²) in [6.45, 7) is -0.187. The van der Waals surface area contributed by atoms with Crippen LogP contribution in [0.2, 0.25) is 0 Å². The first-order chi connectivity index (χ1) is 10.3. The summed E-state index contributed by atoms with van der Waals surface area (Å²) in [6.07, 6.45) is 0. The van der Waals surface area contributed by atoms with E-state index in [1.54, 1.807) is 24.3 Å². The number of nitriles is 1. The van der Waals surface area contributed by atoms with Gasteiger partial charge in [-0.2, -0.15) is 5.26 Å². The van der Waals surface area contributed by atoms with E-state index in [4.69, 9.17) is 44.6 Å². The normalized spacial score (nSPS) is 11.0. The monoisotopic (exact) mass is 375 g/mol. The molecule has 0 aliphatic carbocycles. The summed E-state index contributed by atoms with van der Waals surface area (Å²) in [6, 6.07) is 10.1. The van der Waals surface area contributed by atoms with Gasteiger partial charge in [-0.1, -0.05) is 34.8 Å². The van der Waals surface area contributed by atoms with Gasteiger partial charge >= 0.3 is 5.97 Å². The summed E-state index contributed by atoms with van der Waals surface area (Å²) in [5, 5.41) is 18.1. The van der Waals surface area contributed by atoms with E-state index in [-0.39, 0.29) is 17.0 Å². The van der Waals surface area contributed by atoms with Gasteiger partial charge in [-0.15, -0.1) is 11.3 Å². The van der Waals surface area contributed by atoms with Gasteiger partial charge in [0.05, 0.1) is 5.56 Å². The van der Waals surface area contributed by atoms with Gasteiger partial charge in [0.1, 0.15) is 23.3 Å². The van der Waals surface area contributed by atoms with Crippen LogP contribution in [0, 0.1) is 11.3 Å². The van der Waals surface area contributed by atoms with Gasteiger partial charge in [0.15, 0.2) is 0 Å². The molecule has 0 amide bonds. The lowest BCUT2D eigenvalue weighted by atomic mass is 10.1. The molecule has 2 rings (SSSR count). The van der Waals surface area contributed by atoms with Gasteiger partial charge in [0.25, 0.3) is 0 Å². The molecule has 0 aliphatic rings. The number of carbonyl (C=O) groups is 1. The van der Waals surface area contributed by atoms with Gasteiger partial charge in [0, 0.05) is 4.88 Å². The van der Waals surface area contributed by atoms with E-state index in [9.17, 15) is 10.1 Å². The number of hydrogen-bond acceptors (Lipinski definition) is 4. The summed E-state index contributed by atoms with van der Waals surface area (Å²) in [7, 11) is 0. The molecular weight excluding hydrogens is 369 g/mol. The third-order valence-corrected chi connectivity index (χ3v) is 4.04. The van der Waals surface area contributed by atoms with E-state index in [1.807, 2.05) is 6.07 Å². The zero-order valence-electron chi connectivity index (χ0n) is 10.8. The summed E-state index contributed by atoms with van der Waals surface area (Å²) in [5.41, 5.74) is 0.993. The minimum absolute atomic E-state index is 0.187. The lowest BCUT2D eigenvalue weighted by Crippen LogP contribution is -2.15. The number of halogens is 3. The SMILES string of the molecule is N#Cc1cc(-c2ccc(C(=O)O)s2)ccc1OCC(Cl)(Cl)Cl. The van der Waals surface area contributed by atoms with Crippen molar-refractivity contribution < 1.29 is 14.6 Å². The predicted molar refractivity (Wildman–Crippen MR) is 87.2 cm³/mol. The Morgan fingerprint density at radius 3 is 2.59 bits per heavy atom. The van der Waals surface area contributed by atoms with Crippen LogP contribution in [-0.2, 0) is 0 Å². The first-order valence-electron chi connectivity index (χ1n) is 5.87. The quantitative estimate of drug-likeness (QED) is 0.783. The Labute approximate surface area is 145 Å². The number of aromatic carboxylic acids is 1. The fraction of sp³-hybridized carbons (Fsp3) is 0.143. The number of thiophene rings is 1. The number of carboxylic acids is 1. The van der Waals surface area contributed by atoms with Crippen LogP contribution < -0.4 is 4.74 Å². The summed E-state index contributed by atoms with van der Waals surface area (Å²) in [4.78, 5) is 11.9. The topological polar surface area (TPSA) is 70.3 Å². The molecule has 0 aliphatic heterocycles. The maximum Gasteiger partial charge on any atom is 0.345 e. The smallest absolute Gasteiger partial charge is 0.345 e. The van der Waals surface area contributed by atoms with E-state index in [0.29, 0.717) is 5.75 Å². The molecule has 0 saturated carbocycles. The van der Waals surface area contributed by atoms with Crippen LogP contribution in [0.15, 0.2) is 30.3 Å². The van der Waals surface area contributed by atoms with Crippen molar-refractivity contribution in [2.75, 3.05) is 6.61 Å². The predicted octanol–water partition coefficient (Wildman–Crippen LogP) is 4.73. The molecule has 2 aromatic rings. The molecule has 0 atom stereocenters. The number of hydrogen-bond donors (Lipinski definition) is 1. The van der Waals surface area contributed by atoms with Crippen LogP contribution in [0.3, 0.4) is 0 Å². The number of rotatable bonds is 4. The molecule has 0 saturated heterocycles. The van der Waals surface area contributed by atoms with Crippen molar-refractivity contribution in [1.29, 1.82) is 5.26 Å². The van der Waals surface area contributed by atoms with Crippen molar-refractivity contribution in [3.63, 3.8) is 0 Å². The maximum absolute atomic E-state index is 10.9. The second-order valence-corrected chi connectivity index (χ2v) is 7.80. The molecule has 8 heteroatoms. The van der Waals surface area contributed by atoms with Gasteiger partial charge in [-0.3, -0.25) is 0 Å². The van der Waals surface area contributed by atoms with Crippen molar-refractivity contribution in [1.82, 2.24) is 0 Å². The zero-order chi connectivity index (χ0) is 16.3. The molecule has 22 heavy (non-hydrogen) atoms. The average Bonchev–Trinajstić information content (AvgIpc) is 2.94. The number of nitrogens with zero attached hydrogens (tertiary/aromatic N) is 1. The minimum atomic E-state index is -1.57. The van der Waals surface area contributed by atoms with Gasteiger partial charge in [0.2, 0.25) is 3.79 Å². The Morgan fingerprint density at radius 2 is 2.05 bits per heavy atom. The highest BCUT2D eigenvalue weighted by Crippen LogP contribution is 2.33. The Kier molecular flexibility index (Phi) is 5.20. The molecule has 0 radical (unpaired) electrons. The van der Waals surface area contributed by atoms with Crippen LogP contribution in [0.25, 0.3) is 10.4 Å². The van der Waals surface area contributed by atoms with Crippen LogP contribution in [0.5, 0.6) is 5.75 Å². The van der Waals surface area contributed by atoms with E-state index >= 15 is 0 Å². The first-order valence-corrected chi connectivity index (χ1v) is 7.82. The Balaban J connectivity index is 2.28. The standard InChI is InChI=1S/C14H8Cl3NO3S/c15-14(16,17)7-21-10-2-1-8(5-9(10)6-18)11-3-4-12(22-11)13(19)20/h1-5H,7H2,(H,19,20). The molecule has 1 heterocycles. The summed E-state index contributed by atoms with van der Waals surface area (Å²) < 4.78 is 3.74. The third kappa shape index (κ3) is 4.28. The fourth-order valence-electron chi connectivity index (χ4n) is 1.66. The van der Waals surface area contributed by atoms with Crippen LogP contribution in [-0.4, -0.2) is 21.5 Å². The zero-order valence-corrected chi connectivity index (χ0v) is 13.9. The number of benzene rings is 1. The highest BCUT2D eigenvalue weighted by Gasteiger charge is 2.21. The highest BCUT2D eigenvalue weighted by molar-refractivity contribution is 7.17. The van der Waals surface area contributed by atoms with E-state index < -0.39 is 9.76 Å². The largest absolute Gasteiger partial charge is 0.488 e. The molecule has 0 bridgehead atoms. The molecule has 4 nitrogen and oxygen atoms in total. The Morgan fingerprint density at radius 1 is 1.32 bits per heavy atom. The minimum Gasteiger partial charge on any atom is -0.488 e. The molecule has 1 aromatic heterocycles. The average molecular weight is 377 g/mol. The highest BCUT2D eigenvalue weighted by atomic mass is 35.6. The van der Waals surface area contributed by atoms with Crippen LogP contribution in [0.1, 0.15) is 15.2 Å². The number of alkyl halides is 3. The van der Waals surface area contributed by atoms with Crippen molar-refractivity contribution in [2.24, 2.45) is 0 Å². The third-order valence-electron chi connectivity index (χ3n) is 2.59. The molecule has 0 unspecified atom stereocenters. The van der Waals surface area contributed by atoms with Gasteiger partial charge in [-0.25, -0.2) is 4.79 Å². The molecule has 0 spiro atoms. The van der Waals surface area contributed by atoms with Crippen molar-refractivity contribution >= 4 is 52.1 Å². The van der Waals surface area contributed by atoms with Crippen molar-refractivity contribution in [3.05, 3.63) is 40.8 Å². The van der Waals surface area contributed by atoms with Gasteiger partial charge < -0.3 is 9.84 Å². The molecule has 1 aromatic carbocycles. The van der Waals surface area contributed by atoms with Crippen molar-refractivity contribution in [3.8, 4) is 22.3 Å². The lowest BCUT2D eigenvalue weighted by molar-refractivity contribution is 0.0702. The Bertz CT molecular complexity index is 747. The molecule has 0 fully saturated rings. The van der Waals surface area contributed by atoms with Crippen LogP contribution >= 0.6 is 46.1 Å². The molecule has 1 N–H and O–H groups in total. The molecular formula is C14H8Cl3NO3S. The summed E-state index contributed by atoms with van der Waals surface area (Å²) >= 11 is 17.9. The van der Waals surface area contributed by atoms with Crippen molar-refractivity contribution in [2.45, 2.75) is 3.79 Å². The van der Waals surface area contributed by atoms with Crippen LogP contribution in [0.4, 0.5) is 0 Å². The number of carboxylic acid groups (broad SMARTS) is 1. The van der Waals surface area contributed by atoms with E-state index in [2.05, 4.69) is 0 Å². The molecule has 114 valence electrons. The second-order valence-electron chi connectivity index (χ2n) is 4.20. The fourth-order valence-corrected chi connectivity index (χ4v) is 2.67. The van der Waals surface area contributed by atoms with E-state index in [0.717, 1.165) is 21.8 Å². The maximum atomic E-state index is 10.9. The summed E-state index contributed by atoms with van der Waals surface area (Å²) in [5.74, 6) is -0.688. The first kappa shape index (κ1) is 16.9. The lowest BCUT2D eigenvalue weighted by Gasteiger charge is -2.13. The Hall–Kier alpha value is -1.45. The van der Waals surface area contributed by atoms with E-state index in [1.165, 1.54) is 6.07 Å².